The molecule has 0 radical (unpaired) electrons. The molecule has 0 aliphatic heterocycles. The molecule has 0 spiro atoms. The van der Waals surface area contributed by atoms with E-state index < -0.39 is 23.8 Å². The lowest BCUT2D eigenvalue weighted by Gasteiger charge is -2.20. The number of ether oxygens (including phenoxy) is 1. The number of carboxylic acids is 1. The molecule has 0 saturated heterocycles. The van der Waals surface area contributed by atoms with Gasteiger partial charge in [0.1, 0.15) is 17.4 Å². The highest BCUT2D eigenvalue weighted by molar-refractivity contribution is 5.88. The molecule has 2 atom stereocenters. The summed E-state index contributed by atoms with van der Waals surface area (Å²) in [6, 6.07) is 4.10. The molecule has 9 heteroatoms. The van der Waals surface area contributed by atoms with Gasteiger partial charge in [0.15, 0.2) is 6.61 Å². The van der Waals surface area contributed by atoms with E-state index in [1.165, 1.54) is 0 Å². The van der Waals surface area contributed by atoms with Gasteiger partial charge in [0, 0.05) is 17.0 Å². The lowest BCUT2D eigenvalue weighted by molar-refractivity contribution is -0.143. The van der Waals surface area contributed by atoms with Crippen LogP contribution < -0.4 is 21.0 Å². The minimum Gasteiger partial charge on any atom is -0.484 e. The summed E-state index contributed by atoms with van der Waals surface area (Å²) >= 11 is 0. The van der Waals surface area contributed by atoms with Gasteiger partial charge >= 0.3 is 11.6 Å². The van der Waals surface area contributed by atoms with Gasteiger partial charge in [0.25, 0.3) is 5.91 Å². The average Bonchev–Trinajstić information content (AvgIpc) is 2.79. The molecule has 1 aromatic carbocycles. The predicted molar refractivity (Wildman–Crippen MR) is 117 cm³/mol. The second-order valence-corrected chi connectivity index (χ2v) is 8.05. The molecular weight excluding hydrogens is 416 g/mol. The number of fused-ring (bicyclic) bond motifs is 3. The molecule has 3 rings (SSSR count). The average molecular weight is 444 g/mol. The number of carboxylic acid groups (broad SMARTS) is 1. The summed E-state index contributed by atoms with van der Waals surface area (Å²) in [5.74, 6) is -2.13. The van der Waals surface area contributed by atoms with Crippen molar-refractivity contribution in [3.05, 3.63) is 39.7 Å². The van der Waals surface area contributed by atoms with Crippen LogP contribution in [0.3, 0.4) is 0 Å². The third-order valence-electron chi connectivity index (χ3n) is 5.81. The normalized spacial score (nSPS) is 14.8. The first kappa shape index (κ1) is 23.3. The summed E-state index contributed by atoms with van der Waals surface area (Å²) in [4.78, 5) is 47.5. The smallest absolute Gasteiger partial charge is 0.339 e. The summed E-state index contributed by atoms with van der Waals surface area (Å²) in [5, 5.41) is 14.9. The van der Waals surface area contributed by atoms with Gasteiger partial charge in [0.2, 0.25) is 5.91 Å². The second kappa shape index (κ2) is 10.3. The second-order valence-electron chi connectivity index (χ2n) is 8.05. The first-order valence-corrected chi connectivity index (χ1v) is 10.8. The largest absolute Gasteiger partial charge is 0.484 e. The molecule has 1 aliphatic carbocycles. The maximum Gasteiger partial charge on any atom is 0.339 e. The van der Waals surface area contributed by atoms with Crippen molar-refractivity contribution < 1.29 is 28.6 Å². The summed E-state index contributed by atoms with van der Waals surface area (Å²) in [6.07, 6.45) is 4.16. The Bertz CT molecular complexity index is 1080. The zero-order valence-corrected chi connectivity index (χ0v) is 18.2. The number of hydrogen-bond donors (Lipinski definition) is 3. The molecule has 2 amide bonds. The predicted octanol–water partition coefficient (Wildman–Crippen LogP) is 1.78. The van der Waals surface area contributed by atoms with Crippen LogP contribution in [0.1, 0.15) is 44.2 Å². The molecule has 9 nitrogen and oxygen atoms in total. The minimum atomic E-state index is -1.12. The molecule has 1 aliphatic rings. The third kappa shape index (κ3) is 5.46. The van der Waals surface area contributed by atoms with Crippen molar-refractivity contribution in [2.24, 2.45) is 5.92 Å². The molecule has 1 heterocycles. The SMILES string of the molecule is CC[C@H](C)[C@@H](NC(=O)CNC(=O)COc1ccc2c3c(c(=O)oc2c1)CCCC3)C(=O)O. The van der Waals surface area contributed by atoms with Crippen LogP contribution in [-0.4, -0.2) is 42.1 Å². The third-order valence-corrected chi connectivity index (χ3v) is 5.81. The van der Waals surface area contributed by atoms with Crippen molar-refractivity contribution in [2.75, 3.05) is 13.2 Å². The quantitative estimate of drug-likeness (QED) is 0.502. The van der Waals surface area contributed by atoms with E-state index in [4.69, 9.17) is 9.15 Å². The van der Waals surface area contributed by atoms with Crippen LogP contribution in [0.2, 0.25) is 0 Å². The summed E-state index contributed by atoms with van der Waals surface area (Å²) in [6.45, 7) is 2.86. The van der Waals surface area contributed by atoms with E-state index in [-0.39, 0.29) is 24.7 Å². The van der Waals surface area contributed by atoms with Crippen molar-refractivity contribution in [3.8, 4) is 5.75 Å². The van der Waals surface area contributed by atoms with Gasteiger partial charge in [-0.1, -0.05) is 20.3 Å². The number of benzene rings is 1. The lowest BCUT2D eigenvalue weighted by Crippen LogP contribution is -2.48. The van der Waals surface area contributed by atoms with Gasteiger partial charge in [-0.05, 0) is 49.3 Å². The number of aryl methyl sites for hydroxylation is 1. The van der Waals surface area contributed by atoms with Crippen LogP contribution in [0.5, 0.6) is 5.75 Å². The van der Waals surface area contributed by atoms with Gasteiger partial charge < -0.3 is 24.9 Å². The first-order valence-electron chi connectivity index (χ1n) is 10.8. The minimum absolute atomic E-state index is 0.242. The zero-order valence-electron chi connectivity index (χ0n) is 18.2. The van der Waals surface area contributed by atoms with Crippen molar-refractivity contribution in [2.45, 2.75) is 52.0 Å². The maximum atomic E-state index is 12.2. The fraction of sp³-hybridized carbons (Fsp3) is 0.478. The van der Waals surface area contributed by atoms with Crippen molar-refractivity contribution in [1.29, 1.82) is 0 Å². The Kier molecular flexibility index (Phi) is 7.50. The fourth-order valence-electron chi connectivity index (χ4n) is 3.80. The van der Waals surface area contributed by atoms with Gasteiger partial charge in [0.05, 0.1) is 6.54 Å². The summed E-state index contributed by atoms with van der Waals surface area (Å²) < 4.78 is 10.9. The molecule has 0 saturated carbocycles. The highest BCUT2D eigenvalue weighted by atomic mass is 16.5. The number of hydrogen-bond acceptors (Lipinski definition) is 6. The number of aliphatic carboxylic acids is 1. The van der Waals surface area contributed by atoms with Crippen LogP contribution in [0.15, 0.2) is 27.4 Å². The number of carbonyl (C=O) groups is 3. The number of nitrogens with one attached hydrogen (secondary N) is 2. The molecule has 2 aromatic rings. The Morgan fingerprint density at radius 1 is 1.16 bits per heavy atom. The standard InChI is InChI=1S/C23H28N2O7/c1-3-13(2)21(22(28)29)25-19(26)11-24-20(27)12-31-14-8-9-16-15-6-4-5-7-17(15)23(30)32-18(16)10-14/h8-10,13,21H,3-7,11-12H2,1-2H3,(H,24,27)(H,25,26)(H,28,29)/t13-,21+/m0/s1. The number of carbonyl (C=O) groups excluding carboxylic acids is 2. The van der Waals surface area contributed by atoms with Crippen LogP contribution >= 0.6 is 0 Å². The van der Waals surface area contributed by atoms with Crippen LogP contribution in [0.25, 0.3) is 11.0 Å². The molecule has 172 valence electrons. The van der Waals surface area contributed by atoms with Crippen LogP contribution in [0.4, 0.5) is 0 Å². The van der Waals surface area contributed by atoms with E-state index in [9.17, 15) is 24.3 Å². The molecule has 3 N–H and O–H groups in total. The van der Waals surface area contributed by atoms with E-state index in [1.807, 2.05) is 13.0 Å². The molecule has 1 aromatic heterocycles. The van der Waals surface area contributed by atoms with E-state index >= 15 is 0 Å². The number of amides is 2. The Labute approximate surface area is 185 Å². The molecule has 32 heavy (non-hydrogen) atoms. The Balaban J connectivity index is 1.55. The molecule has 0 unspecified atom stereocenters. The fourth-order valence-corrected chi connectivity index (χ4v) is 3.80. The van der Waals surface area contributed by atoms with E-state index in [0.717, 1.165) is 42.2 Å². The number of rotatable bonds is 9. The summed E-state index contributed by atoms with van der Waals surface area (Å²) in [5.41, 5.74) is 1.85. The highest BCUT2D eigenvalue weighted by Crippen LogP contribution is 2.29. The van der Waals surface area contributed by atoms with Crippen molar-refractivity contribution in [3.63, 3.8) is 0 Å². The van der Waals surface area contributed by atoms with Gasteiger partial charge in [-0.2, -0.15) is 0 Å². The summed E-state index contributed by atoms with van der Waals surface area (Å²) in [7, 11) is 0. The Morgan fingerprint density at radius 2 is 1.88 bits per heavy atom. The van der Waals surface area contributed by atoms with Crippen molar-refractivity contribution in [1.82, 2.24) is 10.6 Å². The Hall–Kier alpha value is -3.36. The van der Waals surface area contributed by atoms with E-state index in [0.29, 0.717) is 17.8 Å². The molecule has 0 bridgehead atoms. The van der Waals surface area contributed by atoms with Crippen LogP contribution in [0, 0.1) is 5.92 Å². The van der Waals surface area contributed by atoms with E-state index in [2.05, 4.69) is 10.6 Å². The molecular formula is C23H28N2O7. The van der Waals surface area contributed by atoms with Gasteiger partial charge in [-0.3, -0.25) is 9.59 Å². The first-order chi connectivity index (χ1) is 15.3. The van der Waals surface area contributed by atoms with Crippen LogP contribution in [-0.2, 0) is 27.2 Å². The zero-order chi connectivity index (χ0) is 23.3. The van der Waals surface area contributed by atoms with Gasteiger partial charge in [-0.25, -0.2) is 9.59 Å². The topological polar surface area (TPSA) is 135 Å². The van der Waals surface area contributed by atoms with Gasteiger partial charge in [-0.15, -0.1) is 0 Å². The van der Waals surface area contributed by atoms with Crippen molar-refractivity contribution >= 4 is 28.8 Å². The van der Waals surface area contributed by atoms with E-state index in [1.54, 1.807) is 19.1 Å². The lowest BCUT2D eigenvalue weighted by atomic mass is 9.91. The Morgan fingerprint density at radius 3 is 2.56 bits per heavy atom. The molecule has 0 fully saturated rings. The maximum absolute atomic E-state index is 12.2. The monoisotopic (exact) mass is 444 g/mol. The highest BCUT2D eigenvalue weighted by Gasteiger charge is 2.25.